The summed E-state index contributed by atoms with van der Waals surface area (Å²) in [6, 6.07) is 14.7. The van der Waals surface area contributed by atoms with Crippen molar-refractivity contribution in [2.75, 3.05) is 44.3 Å². The third-order valence-corrected chi connectivity index (χ3v) is 4.71. The van der Waals surface area contributed by atoms with Gasteiger partial charge in [0.1, 0.15) is 5.82 Å². The first-order valence-corrected chi connectivity index (χ1v) is 10.2. The van der Waals surface area contributed by atoms with Crippen molar-refractivity contribution in [1.82, 2.24) is 15.6 Å². The molecule has 0 unspecified atom stereocenters. The highest BCUT2D eigenvalue weighted by molar-refractivity contribution is 14.0. The summed E-state index contributed by atoms with van der Waals surface area (Å²) >= 11 is 0. The smallest absolute Gasteiger partial charge is 0.191 e. The second kappa shape index (κ2) is 13.4. The molecule has 0 atom stereocenters. The molecule has 0 spiro atoms. The van der Waals surface area contributed by atoms with Gasteiger partial charge < -0.3 is 20.3 Å². The molecule has 2 heterocycles. The van der Waals surface area contributed by atoms with Crippen LogP contribution in [-0.2, 0) is 17.7 Å². The van der Waals surface area contributed by atoms with Gasteiger partial charge in [0.25, 0.3) is 0 Å². The van der Waals surface area contributed by atoms with Crippen molar-refractivity contribution in [3.8, 4) is 0 Å². The molecule has 0 saturated carbocycles. The Morgan fingerprint density at radius 3 is 2.66 bits per heavy atom. The molecule has 2 aromatic rings. The minimum absolute atomic E-state index is 0. The van der Waals surface area contributed by atoms with Crippen molar-refractivity contribution in [3.05, 3.63) is 59.8 Å². The third kappa shape index (κ3) is 7.81. The van der Waals surface area contributed by atoms with E-state index in [2.05, 4.69) is 63.8 Å². The molecule has 0 aliphatic carbocycles. The molecule has 1 saturated heterocycles. The van der Waals surface area contributed by atoms with E-state index in [9.17, 15) is 0 Å². The maximum Gasteiger partial charge on any atom is 0.191 e. The molecule has 1 aliphatic heterocycles. The van der Waals surface area contributed by atoms with Crippen molar-refractivity contribution >= 4 is 35.8 Å². The van der Waals surface area contributed by atoms with E-state index in [1.54, 1.807) is 0 Å². The lowest BCUT2D eigenvalue weighted by Crippen LogP contribution is -2.38. The highest BCUT2D eigenvalue weighted by Crippen LogP contribution is 2.19. The minimum atomic E-state index is 0. The second-order valence-electron chi connectivity index (χ2n) is 6.80. The van der Waals surface area contributed by atoms with Crippen LogP contribution in [0.3, 0.4) is 0 Å². The third-order valence-electron chi connectivity index (χ3n) is 4.71. The van der Waals surface area contributed by atoms with Gasteiger partial charge in [-0.25, -0.2) is 9.98 Å². The summed E-state index contributed by atoms with van der Waals surface area (Å²) in [5.41, 5.74) is 2.52. The summed E-state index contributed by atoms with van der Waals surface area (Å²) in [5.74, 6) is 1.88. The number of guanidine groups is 1. The first kappa shape index (κ1) is 23.4. The van der Waals surface area contributed by atoms with Gasteiger partial charge in [0.05, 0.1) is 19.8 Å². The molecule has 1 aliphatic rings. The second-order valence-corrected chi connectivity index (χ2v) is 6.80. The Morgan fingerprint density at radius 2 is 1.90 bits per heavy atom. The fraction of sp³-hybridized carbons (Fsp3) is 0.455. The van der Waals surface area contributed by atoms with Crippen LogP contribution in [0.25, 0.3) is 0 Å². The van der Waals surface area contributed by atoms with Crippen LogP contribution in [0.5, 0.6) is 0 Å². The molecule has 7 heteroatoms. The van der Waals surface area contributed by atoms with Gasteiger partial charge >= 0.3 is 0 Å². The first-order valence-electron chi connectivity index (χ1n) is 10.2. The van der Waals surface area contributed by atoms with Crippen molar-refractivity contribution in [1.29, 1.82) is 0 Å². The number of benzene rings is 1. The molecular weight excluding hydrogens is 477 g/mol. The normalized spacial score (nSPS) is 14.2. The van der Waals surface area contributed by atoms with Gasteiger partial charge in [-0.05, 0) is 31.4 Å². The molecule has 0 amide bonds. The molecule has 3 rings (SSSR count). The number of ether oxygens (including phenoxy) is 1. The van der Waals surface area contributed by atoms with E-state index in [0.717, 1.165) is 69.6 Å². The topological polar surface area (TPSA) is 61.8 Å². The molecule has 158 valence electrons. The number of hydrogen-bond donors (Lipinski definition) is 2. The van der Waals surface area contributed by atoms with E-state index in [1.165, 1.54) is 5.56 Å². The van der Waals surface area contributed by atoms with Gasteiger partial charge in [-0.3, -0.25) is 0 Å². The number of aromatic nitrogens is 1. The number of hydrogen-bond acceptors (Lipinski definition) is 4. The van der Waals surface area contributed by atoms with E-state index < -0.39 is 0 Å². The number of rotatable bonds is 8. The Bertz CT molecular complexity index is 735. The maximum absolute atomic E-state index is 5.46. The van der Waals surface area contributed by atoms with Gasteiger partial charge in [0.2, 0.25) is 0 Å². The number of pyridine rings is 1. The maximum atomic E-state index is 5.46. The van der Waals surface area contributed by atoms with Crippen LogP contribution in [-0.4, -0.2) is 50.3 Å². The van der Waals surface area contributed by atoms with Crippen LogP contribution in [0, 0.1) is 0 Å². The summed E-state index contributed by atoms with van der Waals surface area (Å²) in [5, 5.41) is 6.78. The van der Waals surface area contributed by atoms with Crippen LogP contribution in [0.2, 0.25) is 0 Å². The number of anilines is 1. The Morgan fingerprint density at radius 1 is 1.10 bits per heavy atom. The Labute approximate surface area is 191 Å². The van der Waals surface area contributed by atoms with E-state index >= 15 is 0 Å². The Balaban J connectivity index is 0.00000300. The van der Waals surface area contributed by atoms with E-state index in [1.807, 2.05) is 12.3 Å². The lowest BCUT2D eigenvalue weighted by Gasteiger charge is -2.29. The van der Waals surface area contributed by atoms with Crippen molar-refractivity contribution in [3.63, 3.8) is 0 Å². The fourth-order valence-electron chi connectivity index (χ4n) is 3.26. The highest BCUT2D eigenvalue weighted by atomic mass is 127. The number of aliphatic imine (C=N–C) groups is 1. The summed E-state index contributed by atoms with van der Waals surface area (Å²) in [6.45, 7) is 7.70. The monoisotopic (exact) mass is 509 g/mol. The molecular formula is C22H32IN5O. The number of nitrogens with one attached hydrogen (secondary N) is 2. The summed E-state index contributed by atoms with van der Waals surface area (Å²) in [7, 11) is 0. The molecule has 0 bridgehead atoms. The van der Waals surface area contributed by atoms with Gasteiger partial charge in [0, 0.05) is 37.9 Å². The molecule has 1 fully saturated rings. The van der Waals surface area contributed by atoms with Gasteiger partial charge in [-0.15, -0.1) is 24.0 Å². The zero-order chi connectivity index (χ0) is 19.4. The SMILES string of the molecule is CCNC(=NCc1cccnc1N1CCOCC1)NCCCc1ccccc1.I. The average molecular weight is 509 g/mol. The summed E-state index contributed by atoms with van der Waals surface area (Å²) in [6.07, 6.45) is 3.99. The quantitative estimate of drug-likeness (QED) is 0.248. The zero-order valence-corrected chi connectivity index (χ0v) is 19.5. The molecule has 1 aromatic carbocycles. The Kier molecular flexibility index (Phi) is 10.8. The molecule has 1 aromatic heterocycles. The lowest BCUT2D eigenvalue weighted by atomic mass is 10.1. The molecule has 6 nitrogen and oxygen atoms in total. The average Bonchev–Trinajstić information content (AvgIpc) is 2.76. The largest absolute Gasteiger partial charge is 0.378 e. The van der Waals surface area contributed by atoms with E-state index in [4.69, 9.17) is 9.73 Å². The zero-order valence-electron chi connectivity index (χ0n) is 17.1. The van der Waals surface area contributed by atoms with E-state index in [-0.39, 0.29) is 24.0 Å². The number of aryl methyl sites for hydroxylation is 1. The molecule has 29 heavy (non-hydrogen) atoms. The number of nitrogens with zero attached hydrogens (tertiary/aromatic N) is 3. The molecule has 2 N–H and O–H groups in total. The minimum Gasteiger partial charge on any atom is -0.378 e. The predicted molar refractivity (Wildman–Crippen MR) is 130 cm³/mol. The summed E-state index contributed by atoms with van der Waals surface area (Å²) in [4.78, 5) is 11.7. The van der Waals surface area contributed by atoms with Gasteiger partial charge in [-0.2, -0.15) is 0 Å². The van der Waals surface area contributed by atoms with Crippen LogP contribution in [0.15, 0.2) is 53.7 Å². The van der Waals surface area contributed by atoms with Crippen molar-refractivity contribution in [2.45, 2.75) is 26.3 Å². The highest BCUT2D eigenvalue weighted by Gasteiger charge is 2.15. The van der Waals surface area contributed by atoms with Crippen molar-refractivity contribution < 1.29 is 4.74 Å². The summed E-state index contributed by atoms with van der Waals surface area (Å²) < 4.78 is 5.46. The fourth-order valence-corrected chi connectivity index (χ4v) is 3.26. The van der Waals surface area contributed by atoms with Crippen molar-refractivity contribution in [2.24, 2.45) is 4.99 Å². The first-order chi connectivity index (χ1) is 13.9. The Hall–Kier alpha value is -1.87. The van der Waals surface area contributed by atoms with Crippen LogP contribution < -0.4 is 15.5 Å². The number of halogens is 1. The van der Waals surface area contributed by atoms with Gasteiger partial charge in [-0.1, -0.05) is 36.4 Å². The predicted octanol–water partition coefficient (Wildman–Crippen LogP) is 3.22. The van der Waals surface area contributed by atoms with E-state index in [0.29, 0.717) is 6.54 Å². The van der Waals surface area contributed by atoms with Crippen LogP contribution in [0.4, 0.5) is 5.82 Å². The number of morpholine rings is 1. The molecule has 0 radical (unpaired) electrons. The van der Waals surface area contributed by atoms with Crippen LogP contribution >= 0.6 is 24.0 Å². The lowest BCUT2D eigenvalue weighted by molar-refractivity contribution is 0.122. The van der Waals surface area contributed by atoms with Gasteiger partial charge in [0.15, 0.2) is 5.96 Å². The van der Waals surface area contributed by atoms with Crippen LogP contribution in [0.1, 0.15) is 24.5 Å². The standard InChI is InChI=1S/C22H31N5O.HI/c1-2-23-22(25-13-6-10-19-8-4-3-5-9-19)26-18-20-11-7-12-24-21(20)27-14-16-28-17-15-27;/h3-5,7-9,11-12H,2,6,10,13-18H2,1H3,(H2,23,25,26);1H.